The summed E-state index contributed by atoms with van der Waals surface area (Å²) >= 11 is 0. The standard InChI is InChI=1S/C63H80N6O15/c1-59(2,3)54(73)78-38-44-48(81-55(74)60(4,5)6)49(82-56(75)61(7,8)9)50(83-57(76)62(10,11)12)52(80-44)84-51-47-42(23-19-24-43(47)69(66-51)36-45(64)70)31-30-40-28-26-39(27-29-40)22-18-25-46(71)65-63(13,14)53(72)67-32-34-68(35-33-67)58(77)79-37-41-20-16-15-17-21-41/h15-24,26-29,44,48-50,52H,25,32-38H2,1-14H3,(H2,64,70)(H,65,71)/b22-18+/t44-,48-,49+,50-,52+/m1/s1. The first-order chi connectivity index (χ1) is 39.1. The number of ether oxygens (including phenoxy) is 7. The van der Waals surface area contributed by atoms with E-state index in [-0.39, 0.29) is 36.1 Å². The number of nitrogens with two attached hydrogens (primary N) is 1. The van der Waals surface area contributed by atoms with Gasteiger partial charge in [0, 0.05) is 43.7 Å². The van der Waals surface area contributed by atoms with Gasteiger partial charge in [-0.05, 0) is 132 Å². The highest BCUT2D eigenvalue weighted by Crippen LogP contribution is 2.37. The van der Waals surface area contributed by atoms with E-state index < -0.39 is 107 Å². The number of amides is 4. The van der Waals surface area contributed by atoms with Crippen molar-refractivity contribution in [3.63, 3.8) is 0 Å². The molecule has 4 aromatic rings. The third-order valence-corrected chi connectivity index (χ3v) is 13.3. The van der Waals surface area contributed by atoms with Crippen molar-refractivity contribution in [1.29, 1.82) is 0 Å². The number of nitrogens with zero attached hydrogens (tertiary/aromatic N) is 4. The number of aromatic nitrogens is 2. The van der Waals surface area contributed by atoms with Gasteiger partial charge in [0.05, 0.1) is 32.6 Å². The molecule has 6 rings (SSSR count). The van der Waals surface area contributed by atoms with E-state index in [2.05, 4.69) is 22.3 Å². The van der Waals surface area contributed by atoms with Gasteiger partial charge in [-0.1, -0.05) is 72.5 Å². The minimum absolute atomic E-state index is 0.0118. The molecule has 2 saturated heterocycles. The van der Waals surface area contributed by atoms with Crippen LogP contribution in [0.3, 0.4) is 0 Å². The molecule has 21 heteroatoms. The summed E-state index contributed by atoms with van der Waals surface area (Å²) < 4.78 is 44.2. The lowest BCUT2D eigenvalue weighted by atomic mass is 9.93. The Labute approximate surface area is 491 Å². The number of carbonyl (C=O) groups is 8. The molecule has 21 nitrogen and oxygen atoms in total. The summed E-state index contributed by atoms with van der Waals surface area (Å²) in [6, 6.07) is 21.6. The van der Waals surface area contributed by atoms with Crippen LogP contribution in [0.25, 0.3) is 17.0 Å². The topological polar surface area (TPSA) is 264 Å². The van der Waals surface area contributed by atoms with Crippen LogP contribution in [0.4, 0.5) is 4.79 Å². The number of hydrogen-bond acceptors (Lipinski definition) is 16. The first-order valence-electron chi connectivity index (χ1n) is 27.9. The van der Waals surface area contributed by atoms with Crippen LogP contribution < -0.4 is 15.8 Å². The Bertz CT molecular complexity index is 3160. The number of benzene rings is 3. The van der Waals surface area contributed by atoms with E-state index in [1.54, 1.807) is 149 Å². The fraction of sp³-hybridized carbons (Fsp3) is 0.508. The van der Waals surface area contributed by atoms with Crippen molar-refractivity contribution in [2.24, 2.45) is 27.4 Å². The second-order valence-electron chi connectivity index (χ2n) is 25.5. The van der Waals surface area contributed by atoms with Crippen molar-refractivity contribution in [1.82, 2.24) is 24.9 Å². The van der Waals surface area contributed by atoms with Gasteiger partial charge < -0.3 is 54.0 Å². The number of hydrogen-bond donors (Lipinski definition) is 2. The Morgan fingerprint density at radius 2 is 1.21 bits per heavy atom. The van der Waals surface area contributed by atoms with Crippen molar-refractivity contribution in [2.45, 2.75) is 153 Å². The molecule has 5 atom stereocenters. The lowest BCUT2D eigenvalue weighted by Gasteiger charge is -2.45. The Morgan fingerprint density at radius 3 is 1.79 bits per heavy atom. The molecule has 0 spiro atoms. The van der Waals surface area contributed by atoms with E-state index in [4.69, 9.17) is 38.9 Å². The molecule has 4 amide bonds. The Balaban J connectivity index is 1.23. The molecule has 0 saturated carbocycles. The number of piperazine rings is 1. The van der Waals surface area contributed by atoms with Gasteiger partial charge in [0.2, 0.25) is 36.0 Å². The van der Waals surface area contributed by atoms with Gasteiger partial charge in [0.1, 0.15) is 31.4 Å². The Kier molecular flexibility index (Phi) is 20.5. The molecule has 2 fully saturated rings. The molecule has 1 aromatic heterocycles. The predicted molar refractivity (Wildman–Crippen MR) is 310 cm³/mol. The SMILES string of the molecule is CC(C)(C)C(=O)OC[C@H]1O[C@@H](Oc2nn(CC(N)=O)c3cccc(C#Cc4ccc(/C=C/CC(=O)NC(C)(C)C(=O)N5CCN(C(=O)OCc6ccccc6)CC5)cc4)c23)[C@H](OC(=O)C(C)(C)C)[C@@H](OC(=O)C(C)(C)C)[C@@H]1OC(=O)C(C)(C)C. The monoisotopic (exact) mass is 1160 g/mol. The zero-order chi connectivity index (χ0) is 62.1. The van der Waals surface area contributed by atoms with Gasteiger partial charge in [0.25, 0.3) is 0 Å². The molecule has 3 heterocycles. The second kappa shape index (κ2) is 26.5. The van der Waals surface area contributed by atoms with E-state index >= 15 is 0 Å². The molecule has 2 aliphatic rings. The zero-order valence-corrected chi connectivity index (χ0v) is 50.6. The minimum atomic E-state index is -1.71. The maximum absolute atomic E-state index is 14.0. The second-order valence-corrected chi connectivity index (χ2v) is 25.5. The Hall–Kier alpha value is -8.25. The molecular formula is C63H80N6O15. The third kappa shape index (κ3) is 17.4. The summed E-state index contributed by atoms with van der Waals surface area (Å²) in [4.78, 5) is 110. The first kappa shape index (κ1) is 64.9. The molecule has 3 aromatic carbocycles. The van der Waals surface area contributed by atoms with E-state index in [0.29, 0.717) is 42.8 Å². The van der Waals surface area contributed by atoms with Crippen LogP contribution in [-0.4, -0.2) is 136 Å². The summed E-state index contributed by atoms with van der Waals surface area (Å²) in [5, 5.41) is 7.77. The van der Waals surface area contributed by atoms with Crippen molar-refractivity contribution >= 4 is 64.7 Å². The van der Waals surface area contributed by atoms with Crippen molar-refractivity contribution < 1.29 is 71.5 Å². The van der Waals surface area contributed by atoms with Crippen LogP contribution in [0.1, 0.15) is 126 Å². The van der Waals surface area contributed by atoms with Crippen molar-refractivity contribution in [3.05, 3.63) is 101 Å². The zero-order valence-electron chi connectivity index (χ0n) is 50.6. The van der Waals surface area contributed by atoms with Crippen LogP contribution in [0.5, 0.6) is 5.88 Å². The minimum Gasteiger partial charge on any atom is -0.462 e. The lowest BCUT2D eigenvalue weighted by Crippen LogP contribution is -2.65. The number of rotatable bonds is 16. The highest BCUT2D eigenvalue weighted by Gasteiger charge is 2.56. The molecule has 452 valence electrons. The summed E-state index contributed by atoms with van der Waals surface area (Å²) in [5.74, 6) is 1.93. The van der Waals surface area contributed by atoms with Crippen LogP contribution in [-0.2, 0) is 75.1 Å². The largest absolute Gasteiger partial charge is 0.462 e. The lowest BCUT2D eigenvalue weighted by molar-refractivity contribution is -0.294. The molecule has 0 bridgehead atoms. The first-order valence-corrected chi connectivity index (χ1v) is 27.9. The molecule has 0 aliphatic carbocycles. The molecule has 0 radical (unpaired) electrons. The van der Waals surface area contributed by atoms with Gasteiger partial charge in [-0.2, -0.15) is 0 Å². The number of esters is 4. The summed E-state index contributed by atoms with van der Waals surface area (Å²) in [5.41, 5.74) is 3.15. The number of carbonyl (C=O) groups excluding carboxylic acids is 8. The fourth-order valence-corrected chi connectivity index (χ4v) is 8.41. The smallest absolute Gasteiger partial charge is 0.410 e. The molecule has 84 heavy (non-hydrogen) atoms. The van der Waals surface area contributed by atoms with E-state index in [0.717, 1.165) is 11.1 Å². The van der Waals surface area contributed by atoms with Crippen molar-refractivity contribution in [3.8, 4) is 17.7 Å². The average Bonchev–Trinajstić information content (AvgIpc) is 1.76. The van der Waals surface area contributed by atoms with Crippen LogP contribution in [0, 0.1) is 33.5 Å². The van der Waals surface area contributed by atoms with E-state index in [1.807, 2.05) is 42.5 Å². The average molecular weight is 1160 g/mol. The van der Waals surface area contributed by atoms with Gasteiger partial charge in [0.15, 0.2) is 12.2 Å². The van der Waals surface area contributed by atoms with Gasteiger partial charge in [-0.15, -0.1) is 5.10 Å². The molecular weight excluding hydrogens is 1080 g/mol. The van der Waals surface area contributed by atoms with Crippen LogP contribution >= 0.6 is 0 Å². The van der Waals surface area contributed by atoms with E-state index in [9.17, 15) is 38.4 Å². The third-order valence-electron chi connectivity index (χ3n) is 13.3. The predicted octanol–water partition coefficient (Wildman–Crippen LogP) is 7.27. The van der Waals surface area contributed by atoms with E-state index in [1.165, 1.54) is 4.68 Å². The maximum Gasteiger partial charge on any atom is 0.410 e. The maximum atomic E-state index is 14.0. The molecule has 0 unspecified atom stereocenters. The Morgan fingerprint density at radius 1 is 0.655 bits per heavy atom. The molecule has 2 aliphatic heterocycles. The summed E-state index contributed by atoms with van der Waals surface area (Å²) in [6.07, 6.45) is -4.92. The van der Waals surface area contributed by atoms with Crippen LogP contribution in [0.15, 0.2) is 78.9 Å². The highest BCUT2D eigenvalue weighted by atomic mass is 16.7. The normalized spacial score (nSPS) is 18.7. The summed E-state index contributed by atoms with van der Waals surface area (Å²) in [7, 11) is 0. The summed E-state index contributed by atoms with van der Waals surface area (Å²) in [6.45, 7) is 23.2. The van der Waals surface area contributed by atoms with Crippen molar-refractivity contribution in [2.75, 3.05) is 32.8 Å². The van der Waals surface area contributed by atoms with Gasteiger partial charge >= 0.3 is 30.0 Å². The fourth-order valence-electron chi connectivity index (χ4n) is 8.41. The van der Waals surface area contributed by atoms with Gasteiger partial charge in [-0.25, -0.2) is 4.79 Å². The number of primary amides is 1. The molecule has 3 N–H and O–H groups in total. The van der Waals surface area contributed by atoms with Crippen LogP contribution in [0.2, 0.25) is 0 Å². The van der Waals surface area contributed by atoms with Gasteiger partial charge in [-0.3, -0.25) is 38.2 Å². The highest BCUT2D eigenvalue weighted by molar-refractivity contribution is 5.93. The number of fused-ring (bicyclic) bond motifs is 1. The quantitative estimate of drug-likeness (QED) is 0.0635. The number of nitrogens with one attached hydrogen (secondary N) is 1.